The average molecular weight is 378 g/mol. The number of hydrogen-bond acceptors (Lipinski definition) is 4. The molecule has 142 valence electrons. The summed E-state index contributed by atoms with van der Waals surface area (Å²) in [5.74, 6) is 4.73. The molecule has 0 aliphatic carbocycles. The molecule has 0 radical (unpaired) electrons. The molecule has 0 bridgehead atoms. The number of halogens is 1. The number of nitriles is 1. The highest BCUT2D eigenvalue weighted by molar-refractivity contribution is 5.80. The summed E-state index contributed by atoms with van der Waals surface area (Å²) in [6, 6.07) is 14.5. The van der Waals surface area contributed by atoms with Crippen LogP contribution in [0.1, 0.15) is 22.6 Å². The zero-order chi connectivity index (χ0) is 20.1. The normalized spacial score (nSPS) is 20.5. The molecule has 1 amide bonds. The summed E-state index contributed by atoms with van der Waals surface area (Å²) in [4.78, 5) is 13.5. The Labute approximate surface area is 163 Å². The molecule has 0 unspecified atom stereocenters. The van der Waals surface area contributed by atoms with Crippen LogP contribution in [0, 0.1) is 29.0 Å². The lowest BCUT2D eigenvalue weighted by Crippen LogP contribution is -2.65. The Morgan fingerprint density at radius 2 is 1.93 bits per heavy atom. The van der Waals surface area contributed by atoms with Crippen molar-refractivity contribution in [1.82, 2.24) is 4.90 Å². The van der Waals surface area contributed by atoms with Gasteiger partial charge in [-0.1, -0.05) is 36.1 Å². The zero-order valence-corrected chi connectivity index (χ0v) is 15.3. The van der Waals surface area contributed by atoms with Crippen LogP contribution >= 0.6 is 0 Å². The Balaban J connectivity index is 1.79. The Bertz CT molecular complexity index is 956. The maximum atomic E-state index is 13.6. The summed E-state index contributed by atoms with van der Waals surface area (Å²) < 4.78 is 18.5. The molecule has 1 saturated heterocycles. The third-order valence-electron chi connectivity index (χ3n) is 4.80. The number of rotatable bonds is 4. The van der Waals surface area contributed by atoms with Crippen LogP contribution in [0.25, 0.3) is 0 Å². The zero-order valence-electron chi connectivity index (χ0n) is 15.3. The Hall–Kier alpha value is -3.19. The van der Waals surface area contributed by atoms with Crippen LogP contribution < -0.4 is 0 Å². The van der Waals surface area contributed by atoms with E-state index in [1.54, 1.807) is 30.3 Å². The minimum Gasteiger partial charge on any atom is -0.394 e. The largest absolute Gasteiger partial charge is 0.394 e. The molecule has 28 heavy (non-hydrogen) atoms. The molecular formula is C22H19FN2O3. The summed E-state index contributed by atoms with van der Waals surface area (Å²) in [6.45, 7) is -0.376. The van der Waals surface area contributed by atoms with Crippen LogP contribution in [-0.4, -0.2) is 48.3 Å². The van der Waals surface area contributed by atoms with Crippen molar-refractivity contribution in [2.24, 2.45) is 0 Å². The Morgan fingerprint density at radius 1 is 1.21 bits per heavy atom. The topological polar surface area (TPSA) is 73.6 Å². The van der Waals surface area contributed by atoms with Crippen molar-refractivity contribution < 1.29 is 19.0 Å². The minimum absolute atomic E-state index is 0.133. The summed E-state index contributed by atoms with van der Waals surface area (Å²) in [7, 11) is 1.41. The van der Waals surface area contributed by atoms with E-state index in [2.05, 4.69) is 17.9 Å². The van der Waals surface area contributed by atoms with Crippen molar-refractivity contribution in [3.05, 3.63) is 71.0 Å². The van der Waals surface area contributed by atoms with Crippen LogP contribution in [-0.2, 0) is 9.53 Å². The van der Waals surface area contributed by atoms with Crippen molar-refractivity contribution in [3.8, 4) is 17.9 Å². The van der Waals surface area contributed by atoms with E-state index < -0.39 is 12.1 Å². The van der Waals surface area contributed by atoms with Crippen molar-refractivity contribution in [1.29, 1.82) is 5.26 Å². The third kappa shape index (κ3) is 3.75. The molecule has 0 saturated carbocycles. The maximum absolute atomic E-state index is 13.6. The van der Waals surface area contributed by atoms with E-state index >= 15 is 0 Å². The van der Waals surface area contributed by atoms with Crippen LogP contribution in [0.3, 0.4) is 0 Å². The van der Waals surface area contributed by atoms with Crippen molar-refractivity contribution in [2.45, 2.75) is 18.0 Å². The van der Waals surface area contributed by atoms with E-state index in [0.717, 1.165) is 5.56 Å². The molecule has 1 aliphatic heterocycles. The first-order valence-electron chi connectivity index (χ1n) is 8.77. The second-order valence-corrected chi connectivity index (χ2v) is 6.44. The molecule has 3 rings (SSSR count). The highest BCUT2D eigenvalue weighted by Crippen LogP contribution is 2.40. The molecule has 0 aromatic heterocycles. The number of aliphatic hydroxyl groups excluding tert-OH is 1. The van der Waals surface area contributed by atoms with Gasteiger partial charge in [0.1, 0.15) is 18.5 Å². The van der Waals surface area contributed by atoms with Crippen LogP contribution in [0.15, 0.2) is 48.5 Å². The van der Waals surface area contributed by atoms with E-state index in [0.29, 0.717) is 11.1 Å². The van der Waals surface area contributed by atoms with Gasteiger partial charge in [0.05, 0.1) is 24.3 Å². The monoisotopic (exact) mass is 378 g/mol. The number of benzene rings is 2. The lowest BCUT2D eigenvalue weighted by atomic mass is 9.75. The van der Waals surface area contributed by atoms with Crippen molar-refractivity contribution in [2.75, 3.05) is 20.3 Å². The molecule has 6 heteroatoms. The Kier molecular flexibility index (Phi) is 6.06. The van der Waals surface area contributed by atoms with Gasteiger partial charge in [-0.2, -0.15) is 5.26 Å². The number of amides is 1. The minimum atomic E-state index is -0.657. The fourth-order valence-corrected chi connectivity index (χ4v) is 3.44. The van der Waals surface area contributed by atoms with Gasteiger partial charge in [-0.3, -0.25) is 4.79 Å². The van der Waals surface area contributed by atoms with Crippen molar-refractivity contribution >= 4 is 5.91 Å². The maximum Gasteiger partial charge on any atom is 0.249 e. The van der Waals surface area contributed by atoms with E-state index in [4.69, 9.17) is 4.74 Å². The van der Waals surface area contributed by atoms with E-state index in [1.165, 1.54) is 18.1 Å². The number of carbonyl (C=O) groups excluding carboxylic acids is 1. The molecule has 5 nitrogen and oxygen atoms in total. The van der Waals surface area contributed by atoms with Gasteiger partial charge in [-0.25, -0.2) is 4.39 Å². The van der Waals surface area contributed by atoms with Gasteiger partial charge < -0.3 is 14.7 Å². The lowest BCUT2D eigenvalue weighted by Gasteiger charge is -2.51. The summed E-state index contributed by atoms with van der Waals surface area (Å²) >= 11 is 0. The second kappa shape index (κ2) is 8.67. The fourth-order valence-electron chi connectivity index (χ4n) is 3.44. The highest BCUT2D eigenvalue weighted by Gasteiger charge is 2.51. The van der Waals surface area contributed by atoms with Gasteiger partial charge in [0, 0.05) is 18.6 Å². The predicted molar refractivity (Wildman–Crippen MR) is 101 cm³/mol. The number of aliphatic hydroxyl groups is 1. The summed E-state index contributed by atoms with van der Waals surface area (Å²) in [5.41, 5.74) is 1.86. The van der Waals surface area contributed by atoms with Gasteiger partial charge in [0.15, 0.2) is 0 Å². The average Bonchev–Trinajstić information content (AvgIpc) is 2.68. The van der Waals surface area contributed by atoms with Crippen LogP contribution in [0.5, 0.6) is 0 Å². The number of likely N-dealkylation sites (tertiary alicyclic amines) is 1. The highest BCUT2D eigenvalue weighted by atomic mass is 19.1. The van der Waals surface area contributed by atoms with Crippen molar-refractivity contribution in [3.63, 3.8) is 0 Å². The molecule has 1 fully saturated rings. The molecule has 3 atom stereocenters. The van der Waals surface area contributed by atoms with Gasteiger partial charge in [-0.15, -0.1) is 0 Å². The molecule has 1 heterocycles. The Morgan fingerprint density at radius 3 is 2.54 bits per heavy atom. The standard InChI is InChI=1S/C22H19FN2O3/c1-28-14-21(27)25-19(12-24)22(20(25)13-26)17-10-7-15(8-11-17)6-9-16-4-2-3-5-18(16)23/h2-5,7-8,10-11,19-20,22,26H,13-14H2,1H3/t19-,20+,22+/m1/s1. The van der Waals surface area contributed by atoms with Gasteiger partial charge in [0.2, 0.25) is 5.91 Å². The first kappa shape index (κ1) is 19.6. The molecule has 0 spiro atoms. The number of nitrogens with zero attached hydrogens (tertiary/aromatic N) is 2. The number of methoxy groups -OCH3 is 1. The molecule has 2 aromatic rings. The van der Waals surface area contributed by atoms with Crippen LogP contribution in [0.4, 0.5) is 4.39 Å². The third-order valence-corrected chi connectivity index (χ3v) is 4.80. The van der Waals surface area contributed by atoms with E-state index in [9.17, 15) is 19.6 Å². The quantitative estimate of drug-likeness (QED) is 0.827. The number of carbonyl (C=O) groups is 1. The second-order valence-electron chi connectivity index (χ2n) is 6.44. The number of ether oxygens (including phenoxy) is 1. The van der Waals surface area contributed by atoms with Crippen LogP contribution in [0.2, 0.25) is 0 Å². The molecule has 1 aliphatic rings. The van der Waals surface area contributed by atoms with Gasteiger partial charge in [-0.05, 0) is 29.8 Å². The molecule has 2 aromatic carbocycles. The first-order chi connectivity index (χ1) is 13.6. The molecular weight excluding hydrogens is 359 g/mol. The van der Waals surface area contributed by atoms with Gasteiger partial charge in [0.25, 0.3) is 0 Å². The smallest absolute Gasteiger partial charge is 0.249 e. The summed E-state index contributed by atoms with van der Waals surface area (Å²) in [5, 5.41) is 19.2. The SMILES string of the molecule is COCC(=O)N1[C@H](C#N)[C@H](c2ccc(C#Cc3ccccc3F)cc2)[C@@H]1CO. The van der Waals surface area contributed by atoms with E-state index in [-0.39, 0.29) is 30.9 Å². The lowest BCUT2D eigenvalue weighted by molar-refractivity contribution is -0.150. The predicted octanol–water partition coefficient (Wildman–Crippen LogP) is 2.05. The fraction of sp³-hybridized carbons (Fsp3) is 0.273. The number of hydrogen-bond donors (Lipinski definition) is 1. The summed E-state index contributed by atoms with van der Waals surface area (Å²) in [6.07, 6.45) is 0. The van der Waals surface area contributed by atoms with E-state index in [1.807, 2.05) is 12.1 Å². The first-order valence-corrected chi connectivity index (χ1v) is 8.77. The molecule has 1 N–H and O–H groups in total. The van der Waals surface area contributed by atoms with Gasteiger partial charge >= 0.3 is 0 Å².